The largest absolute Gasteiger partial charge is 0.494 e. The van der Waals surface area contributed by atoms with Gasteiger partial charge >= 0.3 is 0 Å². The molecule has 0 bridgehead atoms. The van der Waals surface area contributed by atoms with Crippen LogP contribution in [0.5, 0.6) is 5.75 Å². The normalized spacial score (nSPS) is 11.5. The summed E-state index contributed by atoms with van der Waals surface area (Å²) >= 11 is 0. The first kappa shape index (κ1) is 23.1. The minimum atomic E-state index is -3.81. The number of carbonyl (C=O) groups is 1. The van der Waals surface area contributed by atoms with Crippen LogP contribution in [0.1, 0.15) is 36.4 Å². The summed E-state index contributed by atoms with van der Waals surface area (Å²) in [4.78, 5) is 11.6. The molecule has 3 aromatic rings. The molecule has 0 spiro atoms. The Bertz CT molecular complexity index is 1250. The van der Waals surface area contributed by atoms with E-state index in [1.54, 1.807) is 68.5 Å². The van der Waals surface area contributed by atoms with E-state index < -0.39 is 10.0 Å². The molecular formula is C23H25N3O5S. The van der Waals surface area contributed by atoms with Crippen molar-refractivity contribution in [3.05, 3.63) is 65.0 Å². The van der Waals surface area contributed by atoms with Crippen LogP contribution in [0.2, 0.25) is 0 Å². The maximum absolute atomic E-state index is 13.0. The van der Waals surface area contributed by atoms with Crippen LogP contribution in [-0.4, -0.2) is 26.1 Å². The highest BCUT2D eigenvalue weighted by Crippen LogP contribution is 2.25. The molecule has 0 aliphatic rings. The molecule has 2 N–H and O–H groups in total. The molecule has 0 aliphatic carbocycles. The van der Waals surface area contributed by atoms with E-state index in [-0.39, 0.29) is 10.8 Å². The first-order chi connectivity index (χ1) is 15.2. The van der Waals surface area contributed by atoms with E-state index in [1.807, 2.05) is 6.92 Å². The second-order valence-corrected chi connectivity index (χ2v) is 8.76. The van der Waals surface area contributed by atoms with Gasteiger partial charge < -0.3 is 14.6 Å². The van der Waals surface area contributed by atoms with Gasteiger partial charge in [0.2, 0.25) is 5.91 Å². The third-order valence-electron chi connectivity index (χ3n) is 4.54. The van der Waals surface area contributed by atoms with Crippen LogP contribution in [0.25, 0.3) is 12.2 Å². The molecule has 1 heterocycles. The molecule has 168 valence electrons. The lowest BCUT2D eigenvalue weighted by Crippen LogP contribution is -2.14. The van der Waals surface area contributed by atoms with Crippen LogP contribution in [0.3, 0.4) is 0 Å². The number of sulfonamides is 1. The molecular weight excluding hydrogens is 430 g/mol. The van der Waals surface area contributed by atoms with Gasteiger partial charge in [0.15, 0.2) is 5.76 Å². The Balaban J connectivity index is 1.85. The number of hydrogen-bond acceptors (Lipinski definition) is 6. The highest BCUT2D eigenvalue weighted by Gasteiger charge is 2.18. The first-order valence-corrected chi connectivity index (χ1v) is 11.5. The van der Waals surface area contributed by atoms with Crippen LogP contribution < -0.4 is 14.8 Å². The summed E-state index contributed by atoms with van der Waals surface area (Å²) in [5, 5.41) is 6.54. The Hall–Kier alpha value is -3.59. The number of ether oxygens (including phenoxy) is 1. The van der Waals surface area contributed by atoms with E-state index >= 15 is 0 Å². The Kier molecular flexibility index (Phi) is 6.99. The fourth-order valence-electron chi connectivity index (χ4n) is 3.01. The van der Waals surface area contributed by atoms with Crippen molar-refractivity contribution in [3.63, 3.8) is 0 Å². The summed E-state index contributed by atoms with van der Waals surface area (Å²) in [5.74, 6) is 0.797. The van der Waals surface area contributed by atoms with Gasteiger partial charge in [-0.1, -0.05) is 23.4 Å². The van der Waals surface area contributed by atoms with Crippen LogP contribution >= 0.6 is 0 Å². The number of nitrogens with zero attached hydrogens (tertiary/aromatic N) is 1. The predicted molar refractivity (Wildman–Crippen MR) is 124 cm³/mol. The average molecular weight is 456 g/mol. The Morgan fingerprint density at radius 1 is 1.12 bits per heavy atom. The minimum Gasteiger partial charge on any atom is -0.494 e. The molecule has 1 aromatic heterocycles. The number of amides is 1. The molecule has 0 radical (unpaired) electrons. The zero-order valence-corrected chi connectivity index (χ0v) is 19.1. The van der Waals surface area contributed by atoms with Gasteiger partial charge in [0.05, 0.1) is 11.5 Å². The number of nitrogens with one attached hydrogen (secondary N) is 2. The molecule has 2 aromatic carbocycles. The summed E-state index contributed by atoms with van der Waals surface area (Å²) in [5.41, 5.74) is 2.71. The van der Waals surface area contributed by atoms with E-state index in [2.05, 4.69) is 15.2 Å². The van der Waals surface area contributed by atoms with Crippen molar-refractivity contribution in [2.24, 2.45) is 0 Å². The Morgan fingerprint density at radius 3 is 2.50 bits per heavy atom. The number of hydrogen-bond donors (Lipinski definition) is 2. The van der Waals surface area contributed by atoms with E-state index in [4.69, 9.17) is 9.26 Å². The fourth-order valence-corrected chi connectivity index (χ4v) is 4.35. The molecule has 9 heteroatoms. The Morgan fingerprint density at radius 2 is 1.84 bits per heavy atom. The van der Waals surface area contributed by atoms with Gasteiger partial charge in [-0.05, 0) is 68.3 Å². The maximum Gasteiger partial charge on any atom is 0.262 e. The van der Waals surface area contributed by atoms with Gasteiger partial charge in [-0.15, -0.1) is 0 Å². The zero-order chi connectivity index (χ0) is 23.3. The van der Waals surface area contributed by atoms with Crippen molar-refractivity contribution in [3.8, 4) is 5.75 Å². The second kappa shape index (κ2) is 9.69. The standard InChI is InChI=1S/C23H25N3O5S/c1-5-30-20-11-9-19(10-12-20)26-32(28,29)22-14-18(7-6-15(22)2)8-13-21-23(24-17(4)27)16(3)25-31-21/h6-14,26H,5H2,1-4H3,(H,24,27). The molecule has 0 atom stereocenters. The summed E-state index contributed by atoms with van der Waals surface area (Å²) in [6, 6.07) is 11.8. The highest BCUT2D eigenvalue weighted by molar-refractivity contribution is 7.92. The molecule has 8 nitrogen and oxygen atoms in total. The van der Waals surface area contributed by atoms with Crippen LogP contribution in [0.15, 0.2) is 51.9 Å². The summed E-state index contributed by atoms with van der Waals surface area (Å²) in [6.07, 6.45) is 3.33. The van der Waals surface area contributed by atoms with Crippen LogP contribution in [0.4, 0.5) is 11.4 Å². The lowest BCUT2D eigenvalue weighted by Gasteiger charge is -2.12. The molecule has 0 saturated carbocycles. The number of aryl methyl sites for hydroxylation is 2. The van der Waals surface area contributed by atoms with Crippen molar-refractivity contribution >= 4 is 39.5 Å². The van der Waals surface area contributed by atoms with E-state index in [9.17, 15) is 13.2 Å². The van der Waals surface area contributed by atoms with Crippen molar-refractivity contribution in [2.45, 2.75) is 32.6 Å². The highest BCUT2D eigenvalue weighted by atomic mass is 32.2. The summed E-state index contributed by atoms with van der Waals surface area (Å²) < 4.78 is 39.2. The number of carbonyl (C=O) groups excluding carboxylic acids is 1. The summed E-state index contributed by atoms with van der Waals surface area (Å²) in [7, 11) is -3.81. The molecule has 0 fully saturated rings. The quantitative estimate of drug-likeness (QED) is 0.513. The molecule has 32 heavy (non-hydrogen) atoms. The van der Waals surface area contributed by atoms with E-state index in [1.165, 1.54) is 6.92 Å². The van der Waals surface area contributed by atoms with Gasteiger partial charge in [0.25, 0.3) is 10.0 Å². The monoisotopic (exact) mass is 455 g/mol. The molecule has 1 amide bonds. The van der Waals surface area contributed by atoms with Crippen molar-refractivity contribution in [2.75, 3.05) is 16.6 Å². The SMILES string of the molecule is CCOc1ccc(NS(=O)(=O)c2cc(C=Cc3onc(C)c3NC(C)=O)ccc2C)cc1. The van der Waals surface area contributed by atoms with Crippen molar-refractivity contribution < 1.29 is 22.5 Å². The molecule has 3 rings (SSSR count). The van der Waals surface area contributed by atoms with Gasteiger partial charge in [-0.25, -0.2) is 8.42 Å². The lowest BCUT2D eigenvalue weighted by atomic mass is 10.1. The number of aromatic nitrogens is 1. The zero-order valence-electron chi connectivity index (χ0n) is 18.3. The fraction of sp³-hybridized carbons (Fsp3) is 0.217. The lowest BCUT2D eigenvalue weighted by molar-refractivity contribution is -0.114. The first-order valence-electron chi connectivity index (χ1n) is 9.98. The molecule has 0 unspecified atom stereocenters. The smallest absolute Gasteiger partial charge is 0.262 e. The molecule has 0 saturated heterocycles. The summed E-state index contributed by atoms with van der Waals surface area (Å²) in [6.45, 7) is 7.26. The third kappa shape index (κ3) is 5.55. The Labute approximate surface area is 187 Å². The minimum absolute atomic E-state index is 0.157. The van der Waals surface area contributed by atoms with Crippen LogP contribution in [0, 0.1) is 13.8 Å². The van der Waals surface area contributed by atoms with Gasteiger partial charge in [-0.2, -0.15) is 0 Å². The maximum atomic E-state index is 13.0. The number of anilines is 2. The second-order valence-electron chi connectivity index (χ2n) is 7.11. The topological polar surface area (TPSA) is 111 Å². The average Bonchev–Trinajstić information content (AvgIpc) is 3.07. The molecule has 0 aliphatic heterocycles. The van der Waals surface area contributed by atoms with E-state index in [0.717, 1.165) is 0 Å². The van der Waals surface area contributed by atoms with Crippen LogP contribution in [-0.2, 0) is 14.8 Å². The van der Waals surface area contributed by atoms with Gasteiger partial charge in [-0.3, -0.25) is 9.52 Å². The number of benzene rings is 2. The number of rotatable bonds is 8. The van der Waals surface area contributed by atoms with Crippen molar-refractivity contribution in [1.82, 2.24) is 5.16 Å². The van der Waals surface area contributed by atoms with E-state index in [0.29, 0.717) is 46.3 Å². The van der Waals surface area contributed by atoms with Crippen molar-refractivity contribution in [1.29, 1.82) is 0 Å². The van der Waals surface area contributed by atoms with Gasteiger partial charge in [0.1, 0.15) is 17.1 Å². The predicted octanol–water partition coefficient (Wildman–Crippen LogP) is 4.62. The van der Waals surface area contributed by atoms with Gasteiger partial charge in [0, 0.05) is 12.6 Å². The third-order valence-corrected chi connectivity index (χ3v) is 6.06.